The van der Waals surface area contributed by atoms with Gasteiger partial charge in [0.25, 0.3) is 0 Å². The van der Waals surface area contributed by atoms with E-state index in [-0.39, 0.29) is 6.04 Å². The summed E-state index contributed by atoms with van der Waals surface area (Å²) in [7, 11) is 1.93. The van der Waals surface area contributed by atoms with Gasteiger partial charge in [-0.15, -0.1) is 11.3 Å². The van der Waals surface area contributed by atoms with Gasteiger partial charge in [0.1, 0.15) is 0 Å². The van der Waals surface area contributed by atoms with E-state index in [1.165, 1.54) is 10.4 Å². The minimum Gasteiger partial charge on any atom is -0.323 e. The molecule has 0 aliphatic heterocycles. The molecular formula is C11H13Br2N3S. The van der Waals surface area contributed by atoms with Gasteiger partial charge in [-0.2, -0.15) is 5.10 Å². The van der Waals surface area contributed by atoms with Crippen LogP contribution in [0.1, 0.15) is 22.9 Å². The van der Waals surface area contributed by atoms with Crippen LogP contribution in [0.5, 0.6) is 0 Å². The zero-order valence-electron chi connectivity index (χ0n) is 9.36. The molecule has 17 heavy (non-hydrogen) atoms. The fraction of sp³-hybridized carbons (Fsp3) is 0.364. The summed E-state index contributed by atoms with van der Waals surface area (Å²) in [5, 5.41) is 4.15. The van der Waals surface area contributed by atoms with Gasteiger partial charge in [-0.1, -0.05) is 0 Å². The molecule has 0 bridgehead atoms. The molecule has 0 amide bonds. The Morgan fingerprint density at radius 3 is 2.82 bits per heavy atom. The Balaban J connectivity index is 1.95. The van der Waals surface area contributed by atoms with Gasteiger partial charge in [0.2, 0.25) is 0 Å². The van der Waals surface area contributed by atoms with E-state index in [9.17, 15) is 0 Å². The van der Waals surface area contributed by atoms with Crippen LogP contribution in [-0.2, 0) is 13.5 Å². The van der Waals surface area contributed by atoms with Crippen LogP contribution in [-0.4, -0.2) is 9.78 Å². The monoisotopic (exact) mass is 377 g/mol. The maximum atomic E-state index is 6.17. The van der Waals surface area contributed by atoms with Crippen LogP contribution in [0.25, 0.3) is 0 Å². The average Bonchev–Trinajstić information content (AvgIpc) is 2.83. The van der Waals surface area contributed by atoms with Crippen molar-refractivity contribution in [2.75, 3.05) is 0 Å². The lowest BCUT2D eigenvalue weighted by Crippen LogP contribution is -2.09. The molecular weight excluding hydrogens is 366 g/mol. The van der Waals surface area contributed by atoms with Crippen molar-refractivity contribution in [1.29, 1.82) is 0 Å². The molecule has 2 rings (SSSR count). The topological polar surface area (TPSA) is 43.8 Å². The van der Waals surface area contributed by atoms with Gasteiger partial charge in [0, 0.05) is 28.6 Å². The maximum Gasteiger partial charge on any atom is 0.0843 e. The molecule has 1 unspecified atom stereocenters. The summed E-state index contributed by atoms with van der Waals surface area (Å²) < 4.78 is 4.00. The highest BCUT2D eigenvalue weighted by atomic mass is 79.9. The van der Waals surface area contributed by atoms with Crippen molar-refractivity contribution in [2.45, 2.75) is 18.9 Å². The minimum absolute atomic E-state index is 0.0859. The molecule has 2 heterocycles. The molecule has 1 atom stereocenters. The number of hydrogen-bond acceptors (Lipinski definition) is 3. The second-order valence-corrected chi connectivity index (χ2v) is 7.19. The van der Waals surface area contributed by atoms with E-state index in [4.69, 9.17) is 5.73 Å². The van der Waals surface area contributed by atoms with Gasteiger partial charge >= 0.3 is 0 Å². The Morgan fingerprint density at radius 2 is 2.29 bits per heavy atom. The molecule has 2 N–H and O–H groups in total. The molecule has 3 nitrogen and oxygen atoms in total. The fourth-order valence-electron chi connectivity index (χ4n) is 1.61. The highest BCUT2D eigenvalue weighted by Gasteiger charge is 2.12. The number of thiophene rings is 1. The van der Waals surface area contributed by atoms with Crippen LogP contribution < -0.4 is 5.73 Å². The number of aromatic nitrogens is 2. The predicted octanol–water partition coefficient (Wildman–Crippen LogP) is 3.64. The number of nitrogens with two attached hydrogens (primary N) is 1. The quantitative estimate of drug-likeness (QED) is 0.882. The summed E-state index contributed by atoms with van der Waals surface area (Å²) in [4.78, 5) is 1.20. The Kier molecular flexibility index (Phi) is 4.41. The lowest BCUT2D eigenvalue weighted by atomic mass is 10.1. The summed E-state index contributed by atoms with van der Waals surface area (Å²) >= 11 is 8.65. The third-order valence-electron chi connectivity index (χ3n) is 2.53. The molecule has 2 aromatic heterocycles. The summed E-state index contributed by atoms with van der Waals surface area (Å²) in [6.45, 7) is 0. The van der Waals surface area contributed by atoms with E-state index in [1.54, 1.807) is 11.3 Å². The largest absolute Gasteiger partial charge is 0.323 e. The number of hydrogen-bond donors (Lipinski definition) is 1. The van der Waals surface area contributed by atoms with Crippen molar-refractivity contribution in [3.8, 4) is 0 Å². The van der Waals surface area contributed by atoms with Gasteiger partial charge in [0.05, 0.1) is 9.98 Å². The minimum atomic E-state index is 0.0859. The molecule has 0 fully saturated rings. The van der Waals surface area contributed by atoms with Gasteiger partial charge in [0.15, 0.2) is 0 Å². The smallest absolute Gasteiger partial charge is 0.0843 e. The van der Waals surface area contributed by atoms with Crippen molar-refractivity contribution in [1.82, 2.24) is 9.78 Å². The van der Waals surface area contributed by atoms with Crippen LogP contribution in [0.2, 0.25) is 0 Å². The van der Waals surface area contributed by atoms with Crippen molar-refractivity contribution >= 4 is 43.2 Å². The number of rotatable bonds is 4. The third-order valence-corrected chi connectivity index (χ3v) is 5.92. The Labute approximate surface area is 121 Å². The van der Waals surface area contributed by atoms with Crippen LogP contribution in [0, 0.1) is 0 Å². The van der Waals surface area contributed by atoms with Gasteiger partial charge in [-0.3, -0.25) is 4.68 Å². The van der Waals surface area contributed by atoms with E-state index < -0.39 is 0 Å². The van der Waals surface area contributed by atoms with Gasteiger partial charge in [-0.25, -0.2) is 0 Å². The first-order valence-electron chi connectivity index (χ1n) is 5.24. The lowest BCUT2D eigenvalue weighted by molar-refractivity contribution is 0.661. The first-order chi connectivity index (χ1) is 8.06. The molecule has 0 aromatic carbocycles. The van der Waals surface area contributed by atoms with E-state index >= 15 is 0 Å². The van der Waals surface area contributed by atoms with Crippen LogP contribution in [0.15, 0.2) is 26.7 Å². The van der Waals surface area contributed by atoms with Crippen LogP contribution in [0.4, 0.5) is 0 Å². The summed E-state index contributed by atoms with van der Waals surface area (Å²) in [6, 6.07) is 2.17. The van der Waals surface area contributed by atoms with Gasteiger partial charge in [-0.05, 0) is 56.3 Å². The van der Waals surface area contributed by atoms with Crippen molar-refractivity contribution in [2.24, 2.45) is 12.8 Å². The predicted molar refractivity (Wildman–Crippen MR) is 78.2 cm³/mol. The summed E-state index contributed by atoms with van der Waals surface area (Å²) in [6.07, 6.45) is 5.83. The zero-order valence-corrected chi connectivity index (χ0v) is 13.3. The molecule has 0 saturated carbocycles. The molecule has 92 valence electrons. The second-order valence-electron chi connectivity index (χ2n) is 3.94. The summed E-state index contributed by atoms with van der Waals surface area (Å²) in [5.74, 6) is 0. The average molecular weight is 379 g/mol. The first-order valence-corrected chi connectivity index (χ1v) is 7.64. The molecule has 2 aromatic rings. The number of halogens is 2. The normalized spacial score (nSPS) is 12.9. The number of aryl methyl sites for hydroxylation is 2. The first kappa shape index (κ1) is 13.3. The standard InChI is InChI=1S/C11H13Br2N3S/c1-16-6-7(5-15-16)2-3-9(14)10-4-8(12)11(13)17-10/h4-6,9H,2-3,14H2,1H3. The maximum absolute atomic E-state index is 6.17. The van der Waals surface area contributed by atoms with Crippen molar-refractivity contribution < 1.29 is 0 Å². The van der Waals surface area contributed by atoms with Crippen LogP contribution in [0.3, 0.4) is 0 Å². The fourth-order valence-corrected chi connectivity index (χ4v) is 3.74. The molecule has 0 aliphatic carbocycles. The zero-order chi connectivity index (χ0) is 12.4. The van der Waals surface area contributed by atoms with E-state index in [2.05, 4.69) is 43.0 Å². The van der Waals surface area contributed by atoms with Gasteiger partial charge < -0.3 is 5.73 Å². The molecule has 0 saturated heterocycles. The third kappa shape index (κ3) is 3.40. The Hall–Kier alpha value is -0.170. The van der Waals surface area contributed by atoms with E-state index in [0.29, 0.717) is 0 Å². The number of nitrogens with zero attached hydrogens (tertiary/aromatic N) is 2. The SMILES string of the molecule is Cn1cc(CCC(N)c2cc(Br)c(Br)s2)cn1. The van der Waals surface area contributed by atoms with Crippen LogP contribution >= 0.6 is 43.2 Å². The van der Waals surface area contributed by atoms with E-state index in [1.807, 2.05) is 24.1 Å². The molecule has 0 spiro atoms. The molecule has 0 radical (unpaired) electrons. The molecule has 6 heteroatoms. The summed E-state index contributed by atoms with van der Waals surface area (Å²) in [5.41, 5.74) is 7.41. The Morgan fingerprint density at radius 1 is 1.53 bits per heavy atom. The highest BCUT2D eigenvalue weighted by molar-refractivity contribution is 9.13. The lowest BCUT2D eigenvalue weighted by Gasteiger charge is -2.07. The van der Waals surface area contributed by atoms with E-state index in [0.717, 1.165) is 21.1 Å². The van der Waals surface area contributed by atoms with Crippen molar-refractivity contribution in [3.05, 3.63) is 37.2 Å². The Bertz CT molecular complexity index is 487. The van der Waals surface area contributed by atoms with Crippen molar-refractivity contribution in [3.63, 3.8) is 0 Å². The second kappa shape index (κ2) is 5.65. The highest BCUT2D eigenvalue weighted by Crippen LogP contribution is 2.35. The molecule has 0 aliphatic rings.